The molecule has 4 heteroatoms. The lowest BCUT2D eigenvalue weighted by Gasteiger charge is -2.36. The lowest BCUT2D eigenvalue weighted by atomic mass is 9.86. The Bertz CT molecular complexity index is 643. The second kappa shape index (κ2) is 5.40. The molecule has 0 fully saturated rings. The van der Waals surface area contributed by atoms with Gasteiger partial charge in [-0.15, -0.1) is 0 Å². The van der Waals surface area contributed by atoms with Crippen LogP contribution in [0.3, 0.4) is 0 Å². The summed E-state index contributed by atoms with van der Waals surface area (Å²) in [6, 6.07) is 2.20. The molecule has 0 bridgehead atoms. The minimum absolute atomic E-state index is 0.313. The topological polar surface area (TPSA) is 59.3 Å². The van der Waals surface area contributed by atoms with Gasteiger partial charge in [-0.3, -0.25) is 4.79 Å². The van der Waals surface area contributed by atoms with Crippen LogP contribution in [0.25, 0.3) is 0 Å². The smallest absolute Gasteiger partial charge is 0.308 e. The number of esters is 1. The number of hydrogen-bond acceptors (Lipinski definition) is 4. The highest BCUT2D eigenvalue weighted by Gasteiger charge is 2.34. The summed E-state index contributed by atoms with van der Waals surface area (Å²) in [6.07, 6.45) is 1.99. The molecule has 0 saturated carbocycles. The molecular weight excluding hydrogens is 266 g/mol. The van der Waals surface area contributed by atoms with Crippen molar-refractivity contribution in [2.75, 3.05) is 0 Å². The highest BCUT2D eigenvalue weighted by Crippen LogP contribution is 2.44. The van der Waals surface area contributed by atoms with E-state index in [2.05, 4.69) is 6.07 Å². The zero-order valence-electron chi connectivity index (χ0n) is 13.3. The molecule has 112 valence electrons. The fraction of sp³-hybridized carbons (Fsp3) is 0.529. The third-order valence-corrected chi connectivity index (χ3v) is 4.26. The van der Waals surface area contributed by atoms with Crippen molar-refractivity contribution in [2.24, 2.45) is 0 Å². The first-order valence-electron chi connectivity index (χ1n) is 7.16. The van der Waals surface area contributed by atoms with Crippen LogP contribution in [0.2, 0.25) is 0 Å². The zero-order valence-corrected chi connectivity index (χ0v) is 13.3. The number of fused-ring (bicyclic) bond motifs is 1. The minimum Gasteiger partial charge on any atom is -0.486 e. The first kappa shape index (κ1) is 15.4. The molecule has 1 heterocycles. The summed E-state index contributed by atoms with van der Waals surface area (Å²) in [5.41, 5.74) is 3.51. The number of carbonyl (C=O) groups excluding carboxylic acids is 1. The summed E-state index contributed by atoms with van der Waals surface area (Å²) in [4.78, 5) is 11.3. The maximum absolute atomic E-state index is 11.3. The van der Waals surface area contributed by atoms with Gasteiger partial charge in [-0.1, -0.05) is 0 Å². The fourth-order valence-electron chi connectivity index (χ4n) is 2.87. The van der Waals surface area contributed by atoms with Gasteiger partial charge in [-0.25, -0.2) is 0 Å². The number of benzene rings is 1. The zero-order chi connectivity index (χ0) is 15.8. The van der Waals surface area contributed by atoms with Gasteiger partial charge < -0.3 is 9.47 Å². The van der Waals surface area contributed by atoms with Crippen LogP contribution < -0.4 is 9.47 Å². The summed E-state index contributed by atoms with van der Waals surface area (Å²) in [5, 5.41) is 8.97. The molecule has 2 rings (SSSR count). The number of rotatable bonds is 2. The molecule has 1 aromatic carbocycles. The molecule has 1 unspecified atom stereocenters. The van der Waals surface area contributed by atoms with Gasteiger partial charge in [0.1, 0.15) is 17.1 Å². The number of hydrogen-bond donors (Lipinski definition) is 0. The van der Waals surface area contributed by atoms with Crippen LogP contribution in [0.15, 0.2) is 0 Å². The van der Waals surface area contributed by atoms with E-state index < -0.39 is 5.60 Å². The van der Waals surface area contributed by atoms with Gasteiger partial charge in [0.25, 0.3) is 0 Å². The van der Waals surface area contributed by atoms with Crippen LogP contribution in [0, 0.1) is 32.1 Å². The molecule has 0 N–H and O–H groups in total. The quantitative estimate of drug-likeness (QED) is 0.616. The number of nitriles is 1. The normalized spacial score (nSPS) is 20.2. The molecule has 0 saturated heterocycles. The van der Waals surface area contributed by atoms with Crippen molar-refractivity contribution in [1.29, 1.82) is 5.26 Å². The van der Waals surface area contributed by atoms with Gasteiger partial charge in [-0.2, -0.15) is 5.26 Å². The van der Waals surface area contributed by atoms with Crippen molar-refractivity contribution in [3.05, 3.63) is 22.3 Å². The number of ether oxygens (including phenoxy) is 2. The fourth-order valence-corrected chi connectivity index (χ4v) is 2.87. The monoisotopic (exact) mass is 287 g/mol. The van der Waals surface area contributed by atoms with E-state index in [4.69, 9.17) is 14.7 Å². The van der Waals surface area contributed by atoms with E-state index in [1.54, 1.807) is 0 Å². The van der Waals surface area contributed by atoms with Crippen LogP contribution in [0.5, 0.6) is 11.5 Å². The largest absolute Gasteiger partial charge is 0.486 e. The maximum Gasteiger partial charge on any atom is 0.308 e. The molecule has 0 amide bonds. The van der Waals surface area contributed by atoms with Gasteiger partial charge in [-0.05, 0) is 57.2 Å². The summed E-state index contributed by atoms with van der Waals surface area (Å²) < 4.78 is 11.5. The van der Waals surface area contributed by atoms with Gasteiger partial charge in [0.05, 0.1) is 12.5 Å². The van der Waals surface area contributed by atoms with Crippen molar-refractivity contribution in [3.63, 3.8) is 0 Å². The average molecular weight is 287 g/mol. The van der Waals surface area contributed by atoms with E-state index in [9.17, 15) is 4.79 Å². The van der Waals surface area contributed by atoms with E-state index in [0.29, 0.717) is 12.2 Å². The van der Waals surface area contributed by atoms with E-state index in [1.165, 1.54) is 6.92 Å². The minimum atomic E-state index is -0.436. The Hall–Kier alpha value is -2.02. The average Bonchev–Trinajstić information content (AvgIpc) is 2.41. The van der Waals surface area contributed by atoms with Gasteiger partial charge in [0.15, 0.2) is 0 Å². The molecule has 1 atom stereocenters. The molecule has 0 aliphatic carbocycles. The Morgan fingerprint density at radius 1 is 1.33 bits per heavy atom. The molecule has 21 heavy (non-hydrogen) atoms. The van der Waals surface area contributed by atoms with Crippen LogP contribution in [0.1, 0.15) is 48.9 Å². The summed E-state index contributed by atoms with van der Waals surface area (Å²) >= 11 is 0. The Labute approximate surface area is 125 Å². The first-order valence-corrected chi connectivity index (χ1v) is 7.16. The Kier molecular flexibility index (Phi) is 3.95. The van der Waals surface area contributed by atoms with Gasteiger partial charge in [0, 0.05) is 12.5 Å². The SMILES string of the molecule is CC(=O)Oc1c(C)c(C)c2c(c1C)CCC(C)(CC#N)O2. The van der Waals surface area contributed by atoms with E-state index >= 15 is 0 Å². The molecule has 1 aromatic rings. The predicted molar refractivity (Wildman–Crippen MR) is 79.5 cm³/mol. The lowest BCUT2D eigenvalue weighted by Crippen LogP contribution is -2.36. The van der Waals surface area contributed by atoms with Crippen molar-refractivity contribution < 1.29 is 14.3 Å². The molecule has 1 aliphatic rings. The highest BCUT2D eigenvalue weighted by molar-refractivity contribution is 5.72. The number of carbonyl (C=O) groups is 1. The van der Waals surface area contributed by atoms with Crippen LogP contribution >= 0.6 is 0 Å². The predicted octanol–water partition coefficient (Wildman–Crippen LogP) is 3.53. The van der Waals surface area contributed by atoms with E-state index in [1.807, 2.05) is 27.7 Å². The standard InChI is InChI=1S/C17H21NO3/c1-10-11(2)16-14(12(3)15(10)20-13(4)19)6-7-17(5,21-16)8-9-18/h6-8H2,1-5H3. The third-order valence-electron chi connectivity index (χ3n) is 4.26. The first-order chi connectivity index (χ1) is 9.79. The molecule has 1 aliphatic heterocycles. The van der Waals surface area contributed by atoms with Crippen molar-refractivity contribution in [2.45, 2.75) is 59.5 Å². The summed E-state index contributed by atoms with van der Waals surface area (Å²) in [5.74, 6) is 1.18. The van der Waals surface area contributed by atoms with E-state index in [0.717, 1.165) is 40.8 Å². The molecular formula is C17H21NO3. The lowest BCUT2D eigenvalue weighted by molar-refractivity contribution is -0.132. The maximum atomic E-state index is 11.3. The van der Waals surface area contributed by atoms with Crippen molar-refractivity contribution in [1.82, 2.24) is 0 Å². The Balaban J connectivity index is 2.54. The Morgan fingerprint density at radius 2 is 2.00 bits per heavy atom. The molecule has 0 radical (unpaired) electrons. The van der Waals surface area contributed by atoms with Crippen LogP contribution in [-0.2, 0) is 11.2 Å². The van der Waals surface area contributed by atoms with E-state index in [-0.39, 0.29) is 5.97 Å². The summed E-state index contributed by atoms with van der Waals surface area (Å²) in [6.45, 7) is 9.25. The second-order valence-electron chi connectivity index (χ2n) is 5.99. The van der Waals surface area contributed by atoms with Crippen molar-refractivity contribution >= 4 is 5.97 Å². The number of nitrogens with zero attached hydrogens (tertiary/aromatic N) is 1. The third kappa shape index (κ3) is 2.73. The molecule has 4 nitrogen and oxygen atoms in total. The van der Waals surface area contributed by atoms with Crippen LogP contribution in [0.4, 0.5) is 0 Å². The van der Waals surface area contributed by atoms with Gasteiger partial charge >= 0.3 is 5.97 Å². The highest BCUT2D eigenvalue weighted by atomic mass is 16.5. The van der Waals surface area contributed by atoms with Crippen LogP contribution in [-0.4, -0.2) is 11.6 Å². The second-order valence-corrected chi connectivity index (χ2v) is 5.99. The van der Waals surface area contributed by atoms with Crippen molar-refractivity contribution in [3.8, 4) is 17.6 Å². The molecule has 0 aromatic heterocycles. The van der Waals surface area contributed by atoms with Gasteiger partial charge in [0.2, 0.25) is 0 Å². The summed E-state index contributed by atoms with van der Waals surface area (Å²) in [7, 11) is 0. The Morgan fingerprint density at radius 3 is 2.57 bits per heavy atom. The molecule has 0 spiro atoms.